The maximum atomic E-state index is 11.1. The maximum absolute atomic E-state index is 11.1. The van der Waals surface area contributed by atoms with Crippen molar-refractivity contribution in [3.05, 3.63) is 0 Å². The molecule has 0 aromatic rings. The summed E-state index contributed by atoms with van der Waals surface area (Å²) in [4.78, 5) is 24.3. The number of rotatable bonds is 0. The Kier molecular flexibility index (Phi) is 2.21. The first-order valence-electron chi connectivity index (χ1n) is 3.76. The van der Waals surface area contributed by atoms with E-state index in [-0.39, 0.29) is 18.5 Å². The van der Waals surface area contributed by atoms with Crippen LogP contribution in [0.5, 0.6) is 0 Å². The van der Waals surface area contributed by atoms with Crippen LogP contribution in [0.25, 0.3) is 0 Å². The fraction of sp³-hybridized carbons (Fsp3) is 0.714. The molecule has 1 aliphatic rings. The lowest BCUT2D eigenvalue weighted by Gasteiger charge is -2.35. The number of carbonyl (C=O) groups is 2. The molecular formula is C7H12N2O3. The zero-order chi connectivity index (χ0) is 9.30. The highest BCUT2D eigenvalue weighted by Gasteiger charge is 2.30. The van der Waals surface area contributed by atoms with Crippen LogP contribution in [0.2, 0.25) is 0 Å². The second kappa shape index (κ2) is 3.00. The summed E-state index contributed by atoms with van der Waals surface area (Å²) < 4.78 is 0. The normalized spacial score (nSPS) is 24.5. The number of nitrogens with zero attached hydrogens (tertiary/aromatic N) is 2. The van der Waals surface area contributed by atoms with Crippen LogP contribution < -0.4 is 0 Å². The first-order valence-corrected chi connectivity index (χ1v) is 3.76. The summed E-state index contributed by atoms with van der Waals surface area (Å²) in [6.45, 7) is 2.25. The predicted octanol–water partition coefficient (Wildman–Crippen LogP) is -0.173. The molecule has 1 fully saturated rings. The minimum absolute atomic E-state index is 0.0208. The molecule has 0 unspecified atom stereocenters. The van der Waals surface area contributed by atoms with Crippen molar-refractivity contribution in [3.63, 3.8) is 0 Å². The van der Waals surface area contributed by atoms with E-state index >= 15 is 0 Å². The number of carboxylic acid groups (broad SMARTS) is 1. The van der Waals surface area contributed by atoms with Gasteiger partial charge in [0.25, 0.3) is 0 Å². The molecule has 1 aliphatic heterocycles. The summed E-state index contributed by atoms with van der Waals surface area (Å²) >= 11 is 0. The Morgan fingerprint density at radius 1 is 1.67 bits per heavy atom. The fourth-order valence-electron chi connectivity index (χ4n) is 1.28. The van der Waals surface area contributed by atoms with Gasteiger partial charge in [0.05, 0.1) is 6.04 Å². The van der Waals surface area contributed by atoms with Gasteiger partial charge in [0.1, 0.15) is 6.54 Å². The molecule has 0 aliphatic carbocycles. The molecule has 0 bridgehead atoms. The van der Waals surface area contributed by atoms with Gasteiger partial charge < -0.3 is 10.0 Å². The Labute approximate surface area is 70.6 Å². The molecule has 0 radical (unpaired) electrons. The SMILES string of the molecule is C[C@H]1CN(C)C(=O)CN1C(=O)O. The molecule has 5 nitrogen and oxygen atoms in total. The summed E-state index contributed by atoms with van der Waals surface area (Å²) in [5, 5.41) is 8.67. The zero-order valence-corrected chi connectivity index (χ0v) is 7.15. The first kappa shape index (κ1) is 8.83. The number of likely N-dealkylation sites (N-methyl/N-ethyl adjacent to an activating group) is 1. The largest absolute Gasteiger partial charge is 0.465 e. The molecule has 1 heterocycles. The lowest BCUT2D eigenvalue weighted by Crippen LogP contribution is -2.55. The Morgan fingerprint density at radius 3 is 2.75 bits per heavy atom. The molecule has 0 spiro atoms. The van der Waals surface area contributed by atoms with Crippen LogP contribution in [0, 0.1) is 0 Å². The van der Waals surface area contributed by atoms with Crippen molar-refractivity contribution in [2.45, 2.75) is 13.0 Å². The third kappa shape index (κ3) is 1.49. The average Bonchev–Trinajstić information content (AvgIpc) is 1.96. The molecule has 1 saturated heterocycles. The maximum Gasteiger partial charge on any atom is 0.408 e. The Hall–Kier alpha value is -1.26. The molecule has 12 heavy (non-hydrogen) atoms. The number of hydrogen-bond acceptors (Lipinski definition) is 2. The van der Waals surface area contributed by atoms with Gasteiger partial charge in [0.2, 0.25) is 5.91 Å². The third-order valence-electron chi connectivity index (χ3n) is 2.05. The standard InChI is InChI=1S/C7H12N2O3/c1-5-3-8(2)6(10)4-9(5)7(11)12/h5H,3-4H2,1-2H3,(H,11,12)/t5-/m0/s1. The average molecular weight is 172 g/mol. The second-order valence-corrected chi connectivity index (χ2v) is 3.03. The molecular weight excluding hydrogens is 160 g/mol. The molecule has 1 N–H and O–H groups in total. The van der Waals surface area contributed by atoms with Crippen molar-refractivity contribution in [3.8, 4) is 0 Å². The van der Waals surface area contributed by atoms with E-state index in [1.807, 2.05) is 0 Å². The smallest absolute Gasteiger partial charge is 0.408 e. The summed E-state index contributed by atoms with van der Waals surface area (Å²) in [5.41, 5.74) is 0. The van der Waals surface area contributed by atoms with E-state index in [2.05, 4.69) is 0 Å². The number of piperazine rings is 1. The molecule has 1 atom stereocenters. The van der Waals surface area contributed by atoms with Gasteiger partial charge in [0.15, 0.2) is 0 Å². The van der Waals surface area contributed by atoms with Crippen molar-refractivity contribution in [2.75, 3.05) is 20.1 Å². The fourth-order valence-corrected chi connectivity index (χ4v) is 1.28. The number of carbonyl (C=O) groups excluding carboxylic acids is 1. The van der Waals surface area contributed by atoms with Crippen LogP contribution in [0.1, 0.15) is 6.92 Å². The lowest BCUT2D eigenvalue weighted by molar-refractivity contribution is -0.135. The highest BCUT2D eigenvalue weighted by Crippen LogP contribution is 2.08. The lowest BCUT2D eigenvalue weighted by atomic mass is 10.2. The first-order chi connectivity index (χ1) is 5.52. The van der Waals surface area contributed by atoms with Gasteiger partial charge in [0, 0.05) is 13.6 Å². The van der Waals surface area contributed by atoms with Gasteiger partial charge in [-0.05, 0) is 6.92 Å². The van der Waals surface area contributed by atoms with Crippen molar-refractivity contribution in [1.29, 1.82) is 0 Å². The molecule has 2 amide bonds. The summed E-state index contributed by atoms with van der Waals surface area (Å²) in [7, 11) is 1.68. The van der Waals surface area contributed by atoms with E-state index in [1.54, 1.807) is 18.9 Å². The van der Waals surface area contributed by atoms with Gasteiger partial charge >= 0.3 is 6.09 Å². The summed E-state index contributed by atoms with van der Waals surface area (Å²) in [6.07, 6.45) is -1.02. The van der Waals surface area contributed by atoms with Crippen LogP contribution >= 0.6 is 0 Å². The molecule has 1 rings (SSSR count). The topological polar surface area (TPSA) is 60.9 Å². The van der Waals surface area contributed by atoms with Crippen LogP contribution in [-0.4, -0.2) is 53.1 Å². The minimum Gasteiger partial charge on any atom is -0.465 e. The quantitative estimate of drug-likeness (QED) is 0.551. The van der Waals surface area contributed by atoms with E-state index in [1.165, 1.54) is 0 Å². The Balaban J connectivity index is 2.68. The number of amides is 2. The highest BCUT2D eigenvalue weighted by molar-refractivity contribution is 5.83. The Morgan fingerprint density at radius 2 is 2.25 bits per heavy atom. The van der Waals surface area contributed by atoms with E-state index < -0.39 is 6.09 Å². The molecule has 0 saturated carbocycles. The predicted molar refractivity (Wildman–Crippen MR) is 41.8 cm³/mol. The highest BCUT2D eigenvalue weighted by atomic mass is 16.4. The van der Waals surface area contributed by atoms with Gasteiger partial charge in [-0.15, -0.1) is 0 Å². The van der Waals surface area contributed by atoms with Crippen molar-refractivity contribution < 1.29 is 14.7 Å². The van der Waals surface area contributed by atoms with Crippen LogP contribution in [-0.2, 0) is 4.79 Å². The minimum atomic E-state index is -1.02. The molecule has 0 aromatic heterocycles. The van der Waals surface area contributed by atoms with Gasteiger partial charge in [-0.3, -0.25) is 9.69 Å². The zero-order valence-electron chi connectivity index (χ0n) is 7.15. The van der Waals surface area contributed by atoms with E-state index in [9.17, 15) is 9.59 Å². The van der Waals surface area contributed by atoms with Gasteiger partial charge in [-0.1, -0.05) is 0 Å². The molecule has 0 aromatic carbocycles. The van der Waals surface area contributed by atoms with Crippen molar-refractivity contribution >= 4 is 12.0 Å². The van der Waals surface area contributed by atoms with Crippen LogP contribution in [0.4, 0.5) is 4.79 Å². The summed E-state index contributed by atoms with van der Waals surface area (Å²) in [6, 6.07) is -0.106. The van der Waals surface area contributed by atoms with Crippen LogP contribution in [0.3, 0.4) is 0 Å². The summed E-state index contributed by atoms with van der Waals surface area (Å²) in [5.74, 6) is -0.143. The van der Waals surface area contributed by atoms with Gasteiger partial charge in [-0.25, -0.2) is 4.79 Å². The third-order valence-corrected chi connectivity index (χ3v) is 2.05. The Bertz CT molecular complexity index is 217. The second-order valence-electron chi connectivity index (χ2n) is 3.03. The monoisotopic (exact) mass is 172 g/mol. The van der Waals surface area contributed by atoms with Gasteiger partial charge in [-0.2, -0.15) is 0 Å². The van der Waals surface area contributed by atoms with Crippen molar-refractivity contribution in [1.82, 2.24) is 9.80 Å². The molecule has 68 valence electrons. The van der Waals surface area contributed by atoms with E-state index in [0.717, 1.165) is 4.90 Å². The number of hydrogen-bond donors (Lipinski definition) is 1. The van der Waals surface area contributed by atoms with E-state index in [4.69, 9.17) is 5.11 Å². The van der Waals surface area contributed by atoms with Crippen molar-refractivity contribution in [2.24, 2.45) is 0 Å². The molecule has 5 heteroatoms. The van der Waals surface area contributed by atoms with Crippen LogP contribution in [0.15, 0.2) is 0 Å². The van der Waals surface area contributed by atoms with E-state index in [0.29, 0.717) is 6.54 Å².